The molecule has 19 heavy (non-hydrogen) atoms. The second-order valence-electron chi connectivity index (χ2n) is 4.39. The molecule has 0 unspecified atom stereocenters. The lowest BCUT2D eigenvalue weighted by Gasteiger charge is -2.19. The van der Waals surface area contributed by atoms with Crippen LogP contribution in [-0.2, 0) is 6.61 Å². The zero-order chi connectivity index (χ0) is 13.9. The molecule has 0 bridgehead atoms. The molecule has 1 nitrogen and oxygen atoms in total. The standard InChI is InChI=1S/C14H13BF3O/c1-11-6-8-12(9-7-11)10-19-14-5-3-2-4-13(14)15(16,17)18/h2-9H,10H2,1H3/q-1. The Bertz CT molecular complexity index is 549. The fraction of sp³-hybridized carbons (Fsp3) is 0.143. The van der Waals surface area contributed by atoms with E-state index in [0.29, 0.717) is 0 Å². The molecule has 2 aromatic rings. The predicted molar refractivity (Wildman–Crippen MR) is 70.7 cm³/mol. The summed E-state index contributed by atoms with van der Waals surface area (Å²) in [5, 5.41) is 0. The van der Waals surface area contributed by atoms with E-state index in [4.69, 9.17) is 4.74 Å². The summed E-state index contributed by atoms with van der Waals surface area (Å²) < 4.78 is 43.7. The van der Waals surface area contributed by atoms with Gasteiger partial charge < -0.3 is 17.7 Å². The molecule has 0 radical (unpaired) electrons. The summed E-state index contributed by atoms with van der Waals surface area (Å²) in [5.74, 6) is -0.115. The van der Waals surface area contributed by atoms with Crippen LogP contribution in [0.15, 0.2) is 48.5 Å². The maximum absolute atomic E-state index is 12.8. The van der Waals surface area contributed by atoms with Crippen molar-refractivity contribution in [1.29, 1.82) is 0 Å². The zero-order valence-corrected chi connectivity index (χ0v) is 10.4. The average molecular weight is 265 g/mol. The molecule has 0 atom stereocenters. The summed E-state index contributed by atoms with van der Waals surface area (Å²) in [5.41, 5.74) is 1.26. The molecule has 5 heteroatoms. The van der Waals surface area contributed by atoms with Gasteiger partial charge in [0.05, 0.1) is 5.75 Å². The minimum absolute atomic E-state index is 0.115. The van der Waals surface area contributed by atoms with E-state index >= 15 is 0 Å². The Morgan fingerprint density at radius 2 is 1.58 bits per heavy atom. The average Bonchev–Trinajstić information content (AvgIpc) is 2.37. The third-order valence-electron chi connectivity index (χ3n) is 2.79. The van der Waals surface area contributed by atoms with Crippen LogP contribution in [0.5, 0.6) is 5.75 Å². The molecule has 0 aliphatic heterocycles. The Hall–Kier alpha value is -1.91. The van der Waals surface area contributed by atoms with Gasteiger partial charge in [0.15, 0.2) is 0 Å². The molecule has 0 saturated heterocycles. The fourth-order valence-electron chi connectivity index (χ4n) is 1.73. The first kappa shape index (κ1) is 13.5. The lowest BCUT2D eigenvalue weighted by atomic mass is 9.79. The van der Waals surface area contributed by atoms with E-state index < -0.39 is 12.4 Å². The first-order chi connectivity index (χ1) is 8.97. The third kappa shape index (κ3) is 3.53. The topological polar surface area (TPSA) is 9.23 Å². The molecule has 0 heterocycles. The molecule has 0 saturated carbocycles. The summed E-state index contributed by atoms with van der Waals surface area (Å²) >= 11 is 0. The highest BCUT2D eigenvalue weighted by Gasteiger charge is 2.28. The van der Waals surface area contributed by atoms with Crippen molar-refractivity contribution in [2.24, 2.45) is 0 Å². The van der Waals surface area contributed by atoms with Crippen LogP contribution in [0.2, 0.25) is 0 Å². The van der Waals surface area contributed by atoms with Crippen LogP contribution in [-0.4, -0.2) is 6.98 Å². The van der Waals surface area contributed by atoms with E-state index in [1.165, 1.54) is 18.2 Å². The van der Waals surface area contributed by atoms with E-state index in [2.05, 4.69) is 0 Å². The van der Waals surface area contributed by atoms with Crippen molar-refractivity contribution in [1.82, 2.24) is 0 Å². The number of aryl methyl sites for hydroxylation is 1. The Balaban J connectivity index is 2.14. The molecule has 0 aliphatic carbocycles. The van der Waals surface area contributed by atoms with Crippen LogP contribution in [0.4, 0.5) is 12.9 Å². The van der Waals surface area contributed by atoms with Crippen LogP contribution in [0.3, 0.4) is 0 Å². The van der Waals surface area contributed by atoms with Gasteiger partial charge >= 0.3 is 6.98 Å². The lowest BCUT2D eigenvalue weighted by Crippen LogP contribution is -2.35. The second kappa shape index (κ2) is 5.39. The zero-order valence-electron chi connectivity index (χ0n) is 10.4. The van der Waals surface area contributed by atoms with Crippen LogP contribution in [0, 0.1) is 6.92 Å². The Labute approximate surface area is 110 Å². The summed E-state index contributed by atoms with van der Waals surface area (Å²) in [6.45, 7) is -2.97. The third-order valence-corrected chi connectivity index (χ3v) is 2.79. The van der Waals surface area contributed by atoms with Gasteiger partial charge in [0, 0.05) is 0 Å². The first-order valence-electron chi connectivity index (χ1n) is 5.94. The van der Waals surface area contributed by atoms with Gasteiger partial charge in [0.25, 0.3) is 0 Å². The van der Waals surface area contributed by atoms with E-state index in [9.17, 15) is 12.9 Å². The van der Waals surface area contributed by atoms with Crippen molar-refractivity contribution in [2.75, 3.05) is 0 Å². The molecule has 2 aromatic carbocycles. The van der Waals surface area contributed by atoms with Gasteiger partial charge in [0.2, 0.25) is 0 Å². The highest BCUT2D eigenvalue weighted by atomic mass is 19.4. The number of para-hydroxylation sites is 1. The van der Waals surface area contributed by atoms with Gasteiger partial charge in [-0.15, -0.1) is 0 Å². The Kier molecular flexibility index (Phi) is 3.83. The molecule has 100 valence electrons. The normalized spacial score (nSPS) is 11.4. The van der Waals surface area contributed by atoms with Crippen molar-refractivity contribution < 1.29 is 17.7 Å². The van der Waals surface area contributed by atoms with Gasteiger partial charge in [0.1, 0.15) is 6.61 Å². The maximum Gasteiger partial charge on any atom is 0.513 e. The summed E-state index contributed by atoms with van der Waals surface area (Å²) in [6.07, 6.45) is 0. The maximum atomic E-state index is 12.8. The molecular weight excluding hydrogens is 252 g/mol. The minimum atomic E-state index is -5.05. The van der Waals surface area contributed by atoms with E-state index in [-0.39, 0.29) is 12.4 Å². The van der Waals surface area contributed by atoms with Crippen molar-refractivity contribution in [2.45, 2.75) is 13.5 Å². The van der Waals surface area contributed by atoms with Gasteiger partial charge in [-0.25, -0.2) is 0 Å². The van der Waals surface area contributed by atoms with E-state index in [0.717, 1.165) is 17.2 Å². The number of halogens is 3. The van der Waals surface area contributed by atoms with Crippen LogP contribution < -0.4 is 10.2 Å². The molecule has 0 fully saturated rings. The molecule has 0 amide bonds. The number of ether oxygens (including phenoxy) is 1. The van der Waals surface area contributed by atoms with Gasteiger partial charge in [-0.3, -0.25) is 0 Å². The Morgan fingerprint density at radius 3 is 2.21 bits per heavy atom. The number of hydrogen-bond acceptors (Lipinski definition) is 1. The molecular formula is C14H13BF3O-. The molecule has 0 aliphatic rings. The largest absolute Gasteiger partial charge is 0.513 e. The van der Waals surface area contributed by atoms with E-state index in [1.807, 2.05) is 31.2 Å². The SMILES string of the molecule is Cc1ccc(COc2ccccc2[B-](F)(F)F)cc1. The smallest absolute Gasteiger partial charge is 0.492 e. The molecule has 0 spiro atoms. The van der Waals surface area contributed by atoms with Crippen LogP contribution in [0.1, 0.15) is 11.1 Å². The van der Waals surface area contributed by atoms with Gasteiger partial charge in [-0.05, 0) is 18.6 Å². The van der Waals surface area contributed by atoms with Gasteiger partial charge in [-0.2, -0.15) is 0 Å². The van der Waals surface area contributed by atoms with E-state index in [1.54, 1.807) is 0 Å². The summed E-state index contributed by atoms with van der Waals surface area (Å²) in [6, 6.07) is 12.8. The van der Waals surface area contributed by atoms with Crippen molar-refractivity contribution in [3.05, 3.63) is 59.7 Å². The lowest BCUT2D eigenvalue weighted by molar-refractivity contribution is 0.307. The minimum Gasteiger partial charge on any atom is -0.492 e. The fourth-order valence-corrected chi connectivity index (χ4v) is 1.73. The highest BCUT2D eigenvalue weighted by molar-refractivity contribution is 6.74. The monoisotopic (exact) mass is 265 g/mol. The van der Waals surface area contributed by atoms with Crippen molar-refractivity contribution >= 4 is 12.4 Å². The van der Waals surface area contributed by atoms with Crippen LogP contribution in [0.25, 0.3) is 0 Å². The predicted octanol–water partition coefficient (Wildman–Crippen LogP) is 3.63. The second-order valence-corrected chi connectivity index (χ2v) is 4.39. The molecule has 0 aromatic heterocycles. The summed E-state index contributed by atoms with van der Waals surface area (Å²) in [4.78, 5) is 0. The molecule has 2 rings (SSSR count). The van der Waals surface area contributed by atoms with Crippen molar-refractivity contribution in [3.8, 4) is 5.75 Å². The molecule has 0 N–H and O–H groups in total. The number of hydrogen-bond donors (Lipinski definition) is 0. The number of rotatable bonds is 4. The van der Waals surface area contributed by atoms with Gasteiger partial charge in [-0.1, -0.05) is 53.5 Å². The highest BCUT2D eigenvalue weighted by Crippen LogP contribution is 2.18. The van der Waals surface area contributed by atoms with Crippen molar-refractivity contribution in [3.63, 3.8) is 0 Å². The number of benzene rings is 2. The Morgan fingerprint density at radius 1 is 0.947 bits per heavy atom. The first-order valence-corrected chi connectivity index (χ1v) is 5.94. The van der Waals surface area contributed by atoms with Crippen LogP contribution >= 0.6 is 0 Å². The summed E-state index contributed by atoms with van der Waals surface area (Å²) in [7, 11) is 0. The quantitative estimate of drug-likeness (QED) is 0.767.